The van der Waals surface area contributed by atoms with Crippen molar-refractivity contribution in [3.05, 3.63) is 35.4 Å². The second-order valence-corrected chi connectivity index (χ2v) is 6.35. The van der Waals surface area contributed by atoms with E-state index < -0.39 is 23.8 Å². The van der Waals surface area contributed by atoms with E-state index in [1.54, 1.807) is 6.92 Å². The highest BCUT2D eigenvalue weighted by molar-refractivity contribution is 7.99. The van der Waals surface area contributed by atoms with Crippen LogP contribution in [0.25, 0.3) is 0 Å². The lowest BCUT2D eigenvalue weighted by molar-refractivity contribution is -0.137. The van der Waals surface area contributed by atoms with Gasteiger partial charge in [-0.25, -0.2) is 0 Å². The summed E-state index contributed by atoms with van der Waals surface area (Å²) in [7, 11) is 0. The number of nitrogens with zero attached hydrogens (tertiary/aromatic N) is 1. The highest BCUT2D eigenvalue weighted by Gasteiger charge is 2.34. The molecule has 0 unspecified atom stereocenters. The van der Waals surface area contributed by atoms with E-state index in [1.165, 1.54) is 35.7 Å². The maximum atomic E-state index is 12.5. The highest BCUT2D eigenvalue weighted by atomic mass is 32.2. The molecule has 23 heavy (non-hydrogen) atoms. The standard InChI is InChI=1S/C15H17F3N2O2S/c1-9(11-3-5-12(6-4-11)15(16,17)18)19-14(22)13-7-23-8-20(13)10(2)21/h3-6,9,13H,7-8H2,1-2H3,(H,19,22)/t9-,13-/m0/s1. The molecule has 2 rings (SSSR count). The van der Waals surface area contributed by atoms with Crippen LogP contribution in [0.1, 0.15) is 31.0 Å². The molecule has 0 aliphatic carbocycles. The molecular weight excluding hydrogens is 329 g/mol. The van der Waals surface area contributed by atoms with E-state index in [0.717, 1.165) is 12.1 Å². The monoisotopic (exact) mass is 346 g/mol. The van der Waals surface area contributed by atoms with Crippen molar-refractivity contribution in [1.82, 2.24) is 10.2 Å². The molecule has 1 N–H and O–H groups in total. The van der Waals surface area contributed by atoms with Gasteiger partial charge in [0.25, 0.3) is 0 Å². The van der Waals surface area contributed by atoms with E-state index in [9.17, 15) is 22.8 Å². The van der Waals surface area contributed by atoms with Crippen LogP contribution in [-0.2, 0) is 15.8 Å². The fraction of sp³-hybridized carbons (Fsp3) is 0.467. The summed E-state index contributed by atoms with van der Waals surface area (Å²) in [5, 5.41) is 2.75. The second-order valence-electron chi connectivity index (χ2n) is 5.35. The smallest absolute Gasteiger partial charge is 0.348 e. The van der Waals surface area contributed by atoms with Crippen molar-refractivity contribution < 1.29 is 22.8 Å². The molecule has 2 atom stereocenters. The molecule has 1 heterocycles. The molecule has 1 aliphatic rings. The lowest BCUT2D eigenvalue weighted by atomic mass is 10.1. The predicted octanol–water partition coefficient (Wildman–Crippen LogP) is 2.80. The first kappa shape index (κ1) is 17.7. The Morgan fingerprint density at radius 2 is 1.91 bits per heavy atom. The number of hydrogen-bond donors (Lipinski definition) is 1. The quantitative estimate of drug-likeness (QED) is 0.916. The number of rotatable bonds is 3. The van der Waals surface area contributed by atoms with Gasteiger partial charge in [-0.3, -0.25) is 9.59 Å². The average Bonchev–Trinajstić information content (AvgIpc) is 2.96. The number of carbonyl (C=O) groups is 2. The summed E-state index contributed by atoms with van der Waals surface area (Å²) in [4.78, 5) is 25.2. The normalized spacial score (nSPS) is 19.5. The van der Waals surface area contributed by atoms with Crippen molar-refractivity contribution >= 4 is 23.6 Å². The minimum absolute atomic E-state index is 0.169. The van der Waals surface area contributed by atoms with Crippen LogP contribution in [0.15, 0.2) is 24.3 Å². The van der Waals surface area contributed by atoms with E-state index in [0.29, 0.717) is 17.2 Å². The largest absolute Gasteiger partial charge is 0.416 e. The van der Waals surface area contributed by atoms with Gasteiger partial charge in [0.15, 0.2) is 0 Å². The minimum Gasteiger partial charge on any atom is -0.348 e. The number of thioether (sulfide) groups is 1. The van der Waals surface area contributed by atoms with Crippen molar-refractivity contribution in [1.29, 1.82) is 0 Å². The molecule has 0 saturated carbocycles. The summed E-state index contributed by atoms with van der Waals surface area (Å²) in [5.41, 5.74) is -0.152. The zero-order valence-corrected chi connectivity index (χ0v) is 13.5. The summed E-state index contributed by atoms with van der Waals surface area (Å²) in [6.45, 7) is 3.10. The van der Waals surface area contributed by atoms with Gasteiger partial charge < -0.3 is 10.2 Å². The van der Waals surface area contributed by atoms with Crippen LogP contribution in [0.5, 0.6) is 0 Å². The summed E-state index contributed by atoms with van der Waals surface area (Å²) < 4.78 is 37.6. The summed E-state index contributed by atoms with van der Waals surface area (Å²) in [5.74, 6) is 0.530. The molecule has 1 saturated heterocycles. The molecule has 0 radical (unpaired) electrons. The third kappa shape index (κ3) is 4.19. The van der Waals surface area contributed by atoms with Gasteiger partial charge in [0.1, 0.15) is 6.04 Å². The molecule has 0 spiro atoms. The highest BCUT2D eigenvalue weighted by Crippen LogP contribution is 2.30. The van der Waals surface area contributed by atoms with Gasteiger partial charge >= 0.3 is 6.18 Å². The summed E-state index contributed by atoms with van der Waals surface area (Å²) in [6, 6.07) is 3.70. The first-order valence-electron chi connectivity index (χ1n) is 7.02. The van der Waals surface area contributed by atoms with Gasteiger partial charge in [0, 0.05) is 12.7 Å². The molecule has 1 aromatic rings. The summed E-state index contributed by atoms with van der Waals surface area (Å²) in [6.07, 6.45) is -4.38. The van der Waals surface area contributed by atoms with Gasteiger partial charge in [-0.1, -0.05) is 12.1 Å². The molecule has 1 aliphatic heterocycles. The number of amides is 2. The SMILES string of the molecule is CC(=O)N1CSC[C@H]1C(=O)N[C@@H](C)c1ccc(C(F)(F)F)cc1. The zero-order valence-electron chi connectivity index (χ0n) is 12.7. The van der Waals surface area contributed by atoms with Crippen LogP contribution in [0.4, 0.5) is 13.2 Å². The average molecular weight is 346 g/mol. The van der Waals surface area contributed by atoms with Crippen molar-refractivity contribution in [2.75, 3.05) is 11.6 Å². The molecule has 0 aromatic heterocycles. The van der Waals surface area contributed by atoms with Crippen LogP contribution in [0.2, 0.25) is 0 Å². The number of hydrogen-bond acceptors (Lipinski definition) is 3. The van der Waals surface area contributed by atoms with E-state index in [-0.39, 0.29) is 11.8 Å². The Bertz CT molecular complexity index is 589. The van der Waals surface area contributed by atoms with Crippen LogP contribution < -0.4 is 5.32 Å². The summed E-state index contributed by atoms with van der Waals surface area (Å²) >= 11 is 1.49. The molecule has 1 fully saturated rings. The van der Waals surface area contributed by atoms with Gasteiger partial charge in [0.2, 0.25) is 11.8 Å². The topological polar surface area (TPSA) is 49.4 Å². The van der Waals surface area contributed by atoms with Gasteiger partial charge in [-0.05, 0) is 24.6 Å². The molecule has 2 amide bonds. The number of benzene rings is 1. The Morgan fingerprint density at radius 1 is 1.30 bits per heavy atom. The Kier molecular flexibility index (Phi) is 5.23. The third-order valence-electron chi connectivity index (χ3n) is 3.69. The van der Waals surface area contributed by atoms with Crippen molar-refractivity contribution in [3.8, 4) is 0 Å². The molecule has 0 bridgehead atoms. The number of nitrogens with one attached hydrogen (secondary N) is 1. The Labute approximate surface area is 136 Å². The first-order chi connectivity index (χ1) is 10.7. The van der Waals surface area contributed by atoms with Crippen LogP contribution in [0.3, 0.4) is 0 Å². The Morgan fingerprint density at radius 3 is 2.43 bits per heavy atom. The van der Waals surface area contributed by atoms with E-state index in [4.69, 9.17) is 0 Å². The van der Waals surface area contributed by atoms with Crippen LogP contribution >= 0.6 is 11.8 Å². The predicted molar refractivity (Wildman–Crippen MR) is 81.6 cm³/mol. The Balaban J connectivity index is 2.02. The maximum absolute atomic E-state index is 12.5. The van der Waals surface area contributed by atoms with Crippen molar-refractivity contribution in [2.45, 2.75) is 32.1 Å². The van der Waals surface area contributed by atoms with E-state index >= 15 is 0 Å². The first-order valence-corrected chi connectivity index (χ1v) is 8.18. The molecule has 1 aromatic carbocycles. The molecule has 4 nitrogen and oxygen atoms in total. The van der Waals surface area contributed by atoms with Crippen molar-refractivity contribution in [3.63, 3.8) is 0 Å². The minimum atomic E-state index is -4.38. The number of carbonyl (C=O) groups excluding carboxylic acids is 2. The zero-order chi connectivity index (χ0) is 17.2. The second kappa shape index (κ2) is 6.82. The van der Waals surface area contributed by atoms with Gasteiger partial charge in [-0.15, -0.1) is 11.8 Å². The molecule has 8 heteroatoms. The van der Waals surface area contributed by atoms with Crippen LogP contribution in [-0.4, -0.2) is 34.4 Å². The van der Waals surface area contributed by atoms with Gasteiger partial charge in [-0.2, -0.15) is 13.2 Å². The lowest BCUT2D eigenvalue weighted by Gasteiger charge is -2.24. The lowest BCUT2D eigenvalue weighted by Crippen LogP contribution is -2.47. The van der Waals surface area contributed by atoms with Crippen LogP contribution in [0, 0.1) is 0 Å². The van der Waals surface area contributed by atoms with Gasteiger partial charge in [0.05, 0.1) is 17.5 Å². The Hall–Kier alpha value is -1.70. The number of alkyl halides is 3. The van der Waals surface area contributed by atoms with Crippen molar-refractivity contribution in [2.24, 2.45) is 0 Å². The molecular formula is C15H17F3N2O2S. The molecule has 126 valence electrons. The van der Waals surface area contributed by atoms with E-state index in [1.807, 2.05) is 0 Å². The number of halogens is 3. The van der Waals surface area contributed by atoms with E-state index in [2.05, 4.69) is 5.32 Å². The fourth-order valence-corrected chi connectivity index (χ4v) is 3.54. The third-order valence-corrected chi connectivity index (χ3v) is 4.70. The fourth-order valence-electron chi connectivity index (χ4n) is 2.32. The maximum Gasteiger partial charge on any atom is 0.416 e.